The van der Waals surface area contributed by atoms with E-state index in [0.29, 0.717) is 0 Å². The summed E-state index contributed by atoms with van der Waals surface area (Å²) in [7, 11) is -3.12. The van der Waals surface area contributed by atoms with Gasteiger partial charge in [-0.1, -0.05) is 0 Å². The molecule has 0 aromatic carbocycles. The quantitative estimate of drug-likeness (QED) is 0.614. The van der Waals surface area contributed by atoms with Crippen LogP contribution >= 0.6 is 7.34 Å². The average Bonchev–Trinajstić information content (AvgIpc) is 1.88. The second-order valence-corrected chi connectivity index (χ2v) is 4.20. The molecule has 0 unspecified atom stereocenters. The third kappa shape index (κ3) is 3.32. The molecule has 0 saturated heterocycles. The van der Waals surface area contributed by atoms with Gasteiger partial charge in [-0.3, -0.25) is 0 Å². The lowest BCUT2D eigenvalue weighted by Crippen LogP contribution is -2.03. The molecule has 11 heavy (non-hydrogen) atoms. The molecule has 2 nitrogen and oxygen atoms in total. The monoisotopic (exact) mass is 186 g/mol. The first kappa shape index (κ1) is 11.1. The summed E-state index contributed by atoms with van der Waals surface area (Å²) in [6, 6.07) is 0. The summed E-state index contributed by atoms with van der Waals surface area (Å²) in [5.74, 6) is 0. The van der Waals surface area contributed by atoms with Crippen LogP contribution in [0.5, 0.6) is 0 Å². The van der Waals surface area contributed by atoms with Crippen molar-refractivity contribution in [1.82, 2.24) is 0 Å². The Hall–Kier alpha value is 0.0800. The summed E-state index contributed by atoms with van der Waals surface area (Å²) in [5.41, 5.74) is 0. The largest absolute Gasteiger partial charge is 0.334 e. The number of alkyl halides is 2. The van der Waals surface area contributed by atoms with Crippen LogP contribution in [-0.4, -0.2) is 25.7 Å². The van der Waals surface area contributed by atoms with Gasteiger partial charge in [0.1, 0.15) is 0 Å². The van der Waals surface area contributed by atoms with Crippen molar-refractivity contribution in [2.75, 3.05) is 13.2 Å². The van der Waals surface area contributed by atoms with Crippen molar-refractivity contribution in [3.8, 4) is 0 Å². The average molecular weight is 186 g/mol. The molecule has 0 aromatic heterocycles. The summed E-state index contributed by atoms with van der Waals surface area (Å²) in [6.45, 7) is 3.70. The SMILES string of the molecule is C=P(OCC)(OCC)C(F)F. The zero-order chi connectivity index (χ0) is 8.91. The van der Waals surface area contributed by atoms with Gasteiger partial charge >= 0.3 is 6.17 Å². The summed E-state index contributed by atoms with van der Waals surface area (Å²) < 4.78 is 33.9. The van der Waals surface area contributed by atoms with Gasteiger partial charge in [-0.2, -0.15) is 0 Å². The maximum Gasteiger partial charge on any atom is 0.300 e. The normalized spacial score (nSPS) is 12.5. The van der Waals surface area contributed by atoms with Gasteiger partial charge in [0.25, 0.3) is 0 Å². The molecular weight excluding hydrogens is 173 g/mol. The lowest BCUT2D eigenvalue weighted by molar-refractivity contribution is 0.167. The van der Waals surface area contributed by atoms with E-state index in [-0.39, 0.29) is 13.2 Å². The molecule has 0 atom stereocenters. The highest BCUT2D eigenvalue weighted by Gasteiger charge is 2.26. The Bertz CT molecular complexity index is 140. The highest BCUT2D eigenvalue weighted by Crippen LogP contribution is 2.53. The Morgan fingerprint density at radius 3 is 1.82 bits per heavy atom. The fourth-order valence-corrected chi connectivity index (χ4v) is 1.76. The second-order valence-electron chi connectivity index (χ2n) is 1.84. The van der Waals surface area contributed by atoms with Gasteiger partial charge in [-0.25, -0.2) is 8.78 Å². The second kappa shape index (κ2) is 4.86. The first-order chi connectivity index (χ1) is 5.06. The predicted molar refractivity (Wildman–Crippen MR) is 43.3 cm³/mol. The molecular formula is C6H13F2O2P. The molecule has 0 spiro atoms. The Balaban J connectivity index is 4.14. The molecule has 0 aliphatic carbocycles. The van der Waals surface area contributed by atoms with Crippen molar-refractivity contribution < 1.29 is 17.8 Å². The Morgan fingerprint density at radius 2 is 1.64 bits per heavy atom. The van der Waals surface area contributed by atoms with Gasteiger partial charge < -0.3 is 9.05 Å². The Labute approximate surface area is 65.6 Å². The predicted octanol–water partition coefficient (Wildman–Crippen LogP) is 2.56. The fraction of sp³-hybridized carbons (Fsp3) is 0.833. The van der Waals surface area contributed by atoms with E-state index in [1.165, 1.54) is 0 Å². The zero-order valence-corrected chi connectivity index (χ0v) is 7.61. The summed E-state index contributed by atoms with van der Waals surface area (Å²) in [6.07, 6.45) is 0.656. The summed E-state index contributed by atoms with van der Waals surface area (Å²) >= 11 is 0. The first-order valence-electron chi connectivity index (χ1n) is 3.37. The molecule has 0 heterocycles. The summed E-state index contributed by atoms with van der Waals surface area (Å²) in [4.78, 5) is 0. The number of halogens is 2. The van der Waals surface area contributed by atoms with E-state index < -0.39 is 13.5 Å². The summed E-state index contributed by atoms with van der Waals surface area (Å²) in [5, 5.41) is 0. The third-order valence-corrected chi connectivity index (χ3v) is 2.98. The Kier molecular flexibility index (Phi) is 4.89. The molecule has 0 bridgehead atoms. The molecule has 0 N–H and O–H groups in total. The lowest BCUT2D eigenvalue weighted by atomic mass is 10.9. The minimum atomic E-state index is -3.12. The van der Waals surface area contributed by atoms with Crippen LogP contribution in [0.25, 0.3) is 0 Å². The molecule has 68 valence electrons. The third-order valence-electron chi connectivity index (χ3n) is 0.993. The molecule has 0 rings (SSSR count). The minimum Gasteiger partial charge on any atom is -0.334 e. The topological polar surface area (TPSA) is 18.5 Å². The number of rotatable bonds is 5. The van der Waals surface area contributed by atoms with Crippen molar-refractivity contribution in [2.45, 2.75) is 20.0 Å². The van der Waals surface area contributed by atoms with E-state index in [2.05, 4.69) is 6.30 Å². The van der Waals surface area contributed by atoms with E-state index in [1.54, 1.807) is 13.8 Å². The standard InChI is InChI=1S/C6H13F2O2P/c1-4-9-11(3,6(7)8)10-5-2/h6H,3-5H2,1-2H3. The van der Waals surface area contributed by atoms with E-state index >= 15 is 0 Å². The van der Waals surface area contributed by atoms with Crippen molar-refractivity contribution in [2.24, 2.45) is 0 Å². The van der Waals surface area contributed by atoms with E-state index in [9.17, 15) is 8.78 Å². The molecule has 0 aliphatic heterocycles. The van der Waals surface area contributed by atoms with E-state index in [4.69, 9.17) is 9.05 Å². The number of hydrogen-bond donors (Lipinski definition) is 0. The molecule has 0 aromatic rings. The molecule has 0 radical (unpaired) electrons. The van der Waals surface area contributed by atoms with E-state index in [1.807, 2.05) is 0 Å². The molecule has 0 fully saturated rings. The van der Waals surface area contributed by atoms with Crippen LogP contribution in [0.15, 0.2) is 0 Å². The van der Waals surface area contributed by atoms with Gasteiger partial charge in [0.2, 0.25) is 0 Å². The van der Waals surface area contributed by atoms with Crippen LogP contribution in [0.3, 0.4) is 0 Å². The van der Waals surface area contributed by atoms with Gasteiger partial charge in [0.15, 0.2) is 7.34 Å². The maximum atomic E-state index is 12.2. The van der Waals surface area contributed by atoms with Crippen molar-refractivity contribution in [3.05, 3.63) is 0 Å². The van der Waals surface area contributed by atoms with Crippen LogP contribution < -0.4 is 0 Å². The smallest absolute Gasteiger partial charge is 0.300 e. The molecule has 0 aliphatic rings. The molecule has 5 heteroatoms. The van der Waals surface area contributed by atoms with Gasteiger partial charge in [-0.15, -0.1) is 0 Å². The van der Waals surface area contributed by atoms with Gasteiger partial charge in [0.05, 0.1) is 13.2 Å². The Morgan fingerprint density at radius 1 is 1.27 bits per heavy atom. The highest BCUT2D eigenvalue weighted by molar-refractivity contribution is 7.64. The van der Waals surface area contributed by atoms with Crippen LogP contribution in [0, 0.1) is 0 Å². The number of hydrogen-bond acceptors (Lipinski definition) is 2. The fourth-order valence-electron chi connectivity index (χ4n) is 0.587. The van der Waals surface area contributed by atoms with Crippen molar-refractivity contribution in [3.63, 3.8) is 0 Å². The maximum absolute atomic E-state index is 12.2. The molecule has 0 amide bonds. The molecule has 0 saturated carbocycles. The van der Waals surface area contributed by atoms with Gasteiger partial charge in [0, 0.05) is 0 Å². The van der Waals surface area contributed by atoms with Crippen LogP contribution in [0.1, 0.15) is 13.8 Å². The van der Waals surface area contributed by atoms with Gasteiger partial charge in [-0.05, 0) is 20.1 Å². The van der Waals surface area contributed by atoms with Crippen LogP contribution in [-0.2, 0) is 9.05 Å². The van der Waals surface area contributed by atoms with Crippen LogP contribution in [0.4, 0.5) is 8.78 Å². The first-order valence-corrected chi connectivity index (χ1v) is 5.25. The minimum absolute atomic E-state index is 0.210. The zero-order valence-electron chi connectivity index (χ0n) is 6.72. The van der Waals surface area contributed by atoms with Crippen LogP contribution in [0.2, 0.25) is 0 Å². The van der Waals surface area contributed by atoms with Crippen molar-refractivity contribution in [1.29, 1.82) is 0 Å². The van der Waals surface area contributed by atoms with E-state index in [0.717, 1.165) is 0 Å². The van der Waals surface area contributed by atoms with Crippen molar-refractivity contribution >= 4 is 13.6 Å². The lowest BCUT2D eigenvalue weighted by Gasteiger charge is -2.21. The highest BCUT2D eigenvalue weighted by atomic mass is 31.2.